The van der Waals surface area contributed by atoms with E-state index in [0.29, 0.717) is 34.8 Å². The lowest BCUT2D eigenvalue weighted by molar-refractivity contribution is 0.166. The second-order valence-corrected chi connectivity index (χ2v) is 15.7. The summed E-state index contributed by atoms with van der Waals surface area (Å²) in [4.78, 5) is 9.37. The molecule has 5 aromatic rings. The number of anilines is 6. The van der Waals surface area contributed by atoms with Crippen molar-refractivity contribution >= 4 is 57.6 Å². The minimum atomic E-state index is 0.341. The van der Waals surface area contributed by atoms with Gasteiger partial charge >= 0.3 is 0 Å². The van der Waals surface area contributed by atoms with Crippen molar-refractivity contribution in [2.45, 2.75) is 63.5 Å². The average molecular weight is 643 g/mol. The zero-order valence-corrected chi connectivity index (χ0v) is 27.3. The van der Waals surface area contributed by atoms with Gasteiger partial charge < -0.3 is 9.80 Å². The summed E-state index contributed by atoms with van der Waals surface area (Å²) in [6.07, 6.45) is 5.91. The Labute approximate surface area is 283 Å². The highest BCUT2D eigenvalue weighted by atomic mass is 32.2. The van der Waals surface area contributed by atoms with Crippen molar-refractivity contribution in [3.63, 3.8) is 0 Å². The van der Waals surface area contributed by atoms with Gasteiger partial charge in [-0.1, -0.05) is 72.1 Å². The first kappa shape index (κ1) is 27.5. The van der Waals surface area contributed by atoms with Gasteiger partial charge in [0.2, 0.25) is 0 Å². The van der Waals surface area contributed by atoms with Gasteiger partial charge in [-0.25, -0.2) is 0 Å². The van der Waals surface area contributed by atoms with Crippen LogP contribution in [-0.2, 0) is 0 Å². The fraction of sp³-hybridized carbons (Fsp3) is 0.220. The molecule has 6 heteroatoms. The molecule has 226 valence electrons. The topological polar surface area (TPSA) is 54.1 Å². The van der Waals surface area contributed by atoms with Crippen LogP contribution >= 0.6 is 23.5 Å². The third-order valence-electron chi connectivity index (χ3n) is 11.0. The smallest absolute Gasteiger partial charge is 0.103 e. The molecule has 11 rings (SSSR count). The zero-order chi connectivity index (χ0) is 31.2. The largest absolute Gasteiger partial charge is 0.307 e. The molecule has 2 aliphatic heterocycles. The van der Waals surface area contributed by atoms with E-state index in [-0.39, 0.29) is 0 Å². The standard InChI is InChI=1S/C41H30N4S2/c42-22-28-29(23-43)41(45-32-11-3-7-15-36(32)47-37-16-8-4-12-33(37)45)39-27-20-24-17-25(21-27)19-26(18-24)38(39)40(28)44-30-9-1-5-13-34(30)46-35-14-6-2-10-31(35)44/h1-16,24-27H,17-21H2. The molecule has 2 heterocycles. The van der Waals surface area contributed by atoms with E-state index in [1.807, 2.05) is 0 Å². The summed E-state index contributed by atoms with van der Waals surface area (Å²) in [7, 11) is 0. The molecule has 0 radical (unpaired) electrons. The van der Waals surface area contributed by atoms with Crippen molar-refractivity contribution in [2.75, 3.05) is 9.80 Å². The number of hydrogen-bond donors (Lipinski definition) is 0. The van der Waals surface area contributed by atoms with Crippen LogP contribution in [-0.4, -0.2) is 0 Å². The molecule has 4 nitrogen and oxygen atoms in total. The molecule has 4 bridgehead atoms. The monoisotopic (exact) mass is 642 g/mol. The van der Waals surface area contributed by atoms with E-state index in [1.54, 1.807) is 23.5 Å². The van der Waals surface area contributed by atoms with Crippen molar-refractivity contribution < 1.29 is 0 Å². The first-order chi connectivity index (χ1) is 23.2. The highest BCUT2D eigenvalue weighted by molar-refractivity contribution is 8.00. The molecule has 0 spiro atoms. The van der Waals surface area contributed by atoms with Crippen molar-refractivity contribution in [1.82, 2.24) is 0 Å². The van der Waals surface area contributed by atoms with E-state index < -0.39 is 0 Å². The number of nitrogens with zero attached hydrogens (tertiary/aromatic N) is 4. The molecule has 47 heavy (non-hydrogen) atoms. The summed E-state index contributed by atoms with van der Waals surface area (Å²) < 4.78 is 0. The Bertz CT molecular complexity index is 1970. The second-order valence-electron chi connectivity index (χ2n) is 13.5. The fourth-order valence-electron chi connectivity index (χ4n) is 9.48. The van der Waals surface area contributed by atoms with Gasteiger partial charge in [-0.2, -0.15) is 10.5 Å². The van der Waals surface area contributed by atoms with Gasteiger partial charge in [0.25, 0.3) is 0 Å². The van der Waals surface area contributed by atoms with E-state index in [2.05, 4.69) is 119 Å². The van der Waals surface area contributed by atoms with Crippen LogP contribution in [0.2, 0.25) is 0 Å². The molecule has 4 aliphatic carbocycles. The van der Waals surface area contributed by atoms with Crippen molar-refractivity contribution in [3.05, 3.63) is 119 Å². The minimum Gasteiger partial charge on any atom is -0.307 e. The number of fused-ring (bicyclic) bond motifs is 4. The highest BCUT2D eigenvalue weighted by Gasteiger charge is 2.48. The van der Waals surface area contributed by atoms with E-state index in [1.165, 1.54) is 37.1 Å². The predicted octanol–water partition coefficient (Wildman–Crippen LogP) is 11.7. The molecular formula is C41H30N4S2. The molecule has 2 saturated carbocycles. The van der Waals surface area contributed by atoms with Crippen LogP contribution in [0.1, 0.15) is 66.2 Å². The SMILES string of the molecule is N#Cc1c(C#N)c(N2c3ccccc3Sc3ccccc32)c2c(c1N1c3ccccc3Sc3ccccc31)C1CC3CC(C1)CC2C3. The van der Waals surface area contributed by atoms with E-state index in [0.717, 1.165) is 59.8 Å². The first-order valence-electron chi connectivity index (χ1n) is 16.6. The number of rotatable bonds is 2. The average Bonchev–Trinajstić information content (AvgIpc) is 3.28. The summed E-state index contributed by atoms with van der Waals surface area (Å²) in [6, 6.07) is 39.5. The van der Waals surface area contributed by atoms with Gasteiger partial charge in [0, 0.05) is 19.6 Å². The number of para-hydroxylation sites is 4. The van der Waals surface area contributed by atoms with E-state index in [4.69, 9.17) is 0 Å². The number of benzene rings is 5. The molecule has 0 atom stereocenters. The summed E-state index contributed by atoms with van der Waals surface area (Å²) in [5.41, 5.74) is 9.83. The second kappa shape index (κ2) is 10.4. The Kier molecular flexibility index (Phi) is 6.11. The predicted molar refractivity (Wildman–Crippen MR) is 189 cm³/mol. The van der Waals surface area contributed by atoms with E-state index in [9.17, 15) is 10.5 Å². The van der Waals surface area contributed by atoms with Crippen molar-refractivity contribution in [2.24, 2.45) is 11.8 Å². The first-order valence-corrected chi connectivity index (χ1v) is 18.2. The van der Waals surface area contributed by atoms with Crippen molar-refractivity contribution in [1.29, 1.82) is 10.5 Å². The van der Waals surface area contributed by atoms with Gasteiger partial charge in [-0.15, -0.1) is 0 Å². The lowest BCUT2D eigenvalue weighted by atomic mass is 9.67. The molecule has 5 aromatic carbocycles. The quantitative estimate of drug-likeness (QED) is 0.187. The summed E-state index contributed by atoms with van der Waals surface area (Å²) in [5, 5.41) is 22.6. The van der Waals surface area contributed by atoms with Crippen LogP contribution in [0.25, 0.3) is 0 Å². The molecule has 0 amide bonds. The lowest BCUT2D eigenvalue weighted by Crippen LogP contribution is -2.26. The van der Waals surface area contributed by atoms with Crippen LogP contribution < -0.4 is 9.80 Å². The highest BCUT2D eigenvalue weighted by Crippen LogP contribution is 2.65. The Hall–Kier alpha value is -4.62. The third-order valence-corrected chi connectivity index (χ3v) is 13.3. The van der Waals surface area contributed by atoms with Crippen LogP contribution in [0, 0.1) is 34.5 Å². The normalized spacial score (nSPS) is 22.6. The maximum atomic E-state index is 11.3. The van der Waals surface area contributed by atoms with Crippen LogP contribution in [0.3, 0.4) is 0 Å². The van der Waals surface area contributed by atoms with E-state index >= 15 is 0 Å². The van der Waals surface area contributed by atoms with Gasteiger partial charge in [0.05, 0.1) is 45.3 Å². The zero-order valence-electron chi connectivity index (χ0n) is 25.7. The van der Waals surface area contributed by atoms with Crippen LogP contribution in [0.5, 0.6) is 0 Å². The van der Waals surface area contributed by atoms with Crippen molar-refractivity contribution in [3.8, 4) is 12.1 Å². The molecule has 0 unspecified atom stereocenters. The number of nitriles is 2. The Balaban J connectivity index is 1.36. The maximum absolute atomic E-state index is 11.3. The molecule has 2 fully saturated rings. The lowest BCUT2D eigenvalue weighted by Gasteiger charge is -2.40. The minimum absolute atomic E-state index is 0.341. The summed E-state index contributed by atoms with van der Waals surface area (Å²) >= 11 is 3.57. The molecular weight excluding hydrogens is 613 g/mol. The molecule has 0 N–H and O–H groups in total. The Morgan fingerprint density at radius 2 is 0.787 bits per heavy atom. The van der Waals surface area contributed by atoms with Gasteiger partial charge in [-0.3, -0.25) is 0 Å². The summed E-state index contributed by atoms with van der Waals surface area (Å²) in [5.74, 6) is 2.03. The maximum Gasteiger partial charge on any atom is 0.103 e. The third kappa shape index (κ3) is 3.95. The van der Waals surface area contributed by atoms with Crippen LogP contribution in [0.4, 0.5) is 34.1 Å². The van der Waals surface area contributed by atoms with Crippen LogP contribution in [0.15, 0.2) is 117 Å². The van der Waals surface area contributed by atoms with Gasteiger partial charge in [-0.05, 0) is 115 Å². The molecule has 0 aromatic heterocycles. The molecule has 0 saturated heterocycles. The molecule has 6 aliphatic rings. The number of hydrogen-bond acceptors (Lipinski definition) is 6. The fourth-order valence-corrected chi connectivity index (χ4v) is 11.6. The Morgan fingerprint density at radius 3 is 1.11 bits per heavy atom. The summed E-state index contributed by atoms with van der Waals surface area (Å²) in [6.45, 7) is 0. The van der Waals surface area contributed by atoms with Gasteiger partial charge in [0.1, 0.15) is 12.1 Å². The van der Waals surface area contributed by atoms with Gasteiger partial charge in [0.15, 0.2) is 0 Å². The Morgan fingerprint density at radius 1 is 0.468 bits per heavy atom.